The molecule has 0 bridgehead atoms. The normalized spacial score (nSPS) is 17.1. The minimum absolute atomic E-state index is 0.0477. The molecule has 3 rings (SSSR count). The Kier molecular flexibility index (Phi) is 10.7. The number of hydrogen-bond donors (Lipinski definition) is 2. The fourth-order valence-corrected chi connectivity index (χ4v) is 4.43. The molecule has 1 heterocycles. The number of allylic oxidation sites excluding steroid dienone is 5. The topological polar surface area (TPSA) is 50.4 Å². The van der Waals surface area contributed by atoms with E-state index < -0.39 is 36.0 Å². The number of anilines is 1. The molecule has 2 atom stereocenters. The molecule has 0 aromatic heterocycles. The molecule has 0 spiro atoms. The Bertz CT molecular complexity index is 1160. The molecular formula is C29H32F4N2O2. The molecule has 1 saturated heterocycles. The Balaban J connectivity index is 1.83. The quantitative estimate of drug-likeness (QED) is 0.275. The zero-order valence-electron chi connectivity index (χ0n) is 20.8. The second kappa shape index (κ2) is 13.9. The maximum Gasteiger partial charge on any atom is 0.225 e. The molecule has 1 aliphatic rings. The second-order valence-corrected chi connectivity index (χ2v) is 8.99. The molecule has 1 aliphatic heterocycles. The molecule has 0 unspecified atom stereocenters. The highest BCUT2D eigenvalue weighted by atomic mass is 19.1. The lowest BCUT2D eigenvalue weighted by atomic mass is 9.85. The Morgan fingerprint density at radius 3 is 2.78 bits per heavy atom. The van der Waals surface area contributed by atoms with Gasteiger partial charge in [0.15, 0.2) is 0 Å². The summed E-state index contributed by atoms with van der Waals surface area (Å²) in [6.07, 6.45) is 4.49. The van der Waals surface area contributed by atoms with Gasteiger partial charge in [0.1, 0.15) is 24.1 Å². The van der Waals surface area contributed by atoms with Gasteiger partial charge in [0.2, 0.25) is 5.91 Å². The van der Waals surface area contributed by atoms with Crippen LogP contribution in [0.3, 0.4) is 0 Å². The second-order valence-electron chi connectivity index (χ2n) is 8.99. The third-order valence-corrected chi connectivity index (χ3v) is 6.30. The van der Waals surface area contributed by atoms with Gasteiger partial charge < -0.3 is 15.4 Å². The summed E-state index contributed by atoms with van der Waals surface area (Å²) in [5, 5.41) is 6.01. The molecule has 1 fully saturated rings. The minimum Gasteiger partial charge on any atom is -0.376 e. The van der Waals surface area contributed by atoms with Gasteiger partial charge in [0.05, 0.1) is 12.7 Å². The van der Waals surface area contributed by atoms with E-state index >= 15 is 0 Å². The van der Waals surface area contributed by atoms with Gasteiger partial charge in [0.25, 0.3) is 0 Å². The van der Waals surface area contributed by atoms with Crippen molar-refractivity contribution in [2.75, 3.05) is 31.7 Å². The third kappa shape index (κ3) is 8.40. The number of carbonyl (C=O) groups is 1. The fourth-order valence-electron chi connectivity index (χ4n) is 4.43. The van der Waals surface area contributed by atoms with Crippen molar-refractivity contribution in [3.8, 4) is 0 Å². The summed E-state index contributed by atoms with van der Waals surface area (Å²) in [6.45, 7) is 5.95. The van der Waals surface area contributed by atoms with Gasteiger partial charge in [-0.15, -0.1) is 0 Å². The molecule has 2 N–H and O–H groups in total. The Hall–Kier alpha value is -3.23. The van der Waals surface area contributed by atoms with Crippen molar-refractivity contribution in [1.29, 1.82) is 0 Å². The molecule has 37 heavy (non-hydrogen) atoms. The number of rotatable bonds is 11. The first-order valence-corrected chi connectivity index (χ1v) is 12.2. The summed E-state index contributed by atoms with van der Waals surface area (Å²) >= 11 is 0. The SMILES string of the molecule is C=C(F)/C=C\C=C(/CF)[C@@H](CC(=O)Nc1cccc(F)c1CC[C@@H]1CNCCO1)c1ccc(F)cc1C. The van der Waals surface area contributed by atoms with Crippen LogP contribution in [0, 0.1) is 18.6 Å². The lowest BCUT2D eigenvalue weighted by Crippen LogP contribution is -2.38. The average molecular weight is 517 g/mol. The predicted molar refractivity (Wildman–Crippen MR) is 138 cm³/mol. The van der Waals surface area contributed by atoms with Crippen molar-refractivity contribution in [2.24, 2.45) is 0 Å². The molecule has 1 amide bonds. The van der Waals surface area contributed by atoms with Crippen molar-refractivity contribution in [3.63, 3.8) is 0 Å². The summed E-state index contributed by atoms with van der Waals surface area (Å²) in [7, 11) is 0. The highest BCUT2D eigenvalue weighted by Crippen LogP contribution is 2.32. The third-order valence-electron chi connectivity index (χ3n) is 6.30. The minimum atomic E-state index is -0.904. The number of benzene rings is 2. The first-order valence-electron chi connectivity index (χ1n) is 12.2. The number of carbonyl (C=O) groups excluding carboxylic acids is 1. The Labute approximate surface area is 215 Å². The van der Waals surface area contributed by atoms with Crippen molar-refractivity contribution >= 4 is 11.6 Å². The standard InChI is InChI=1S/C29H32F4N2O2/c1-19-15-22(32)9-11-24(19)26(21(17-30)6-3-5-20(2)31)16-29(36)35-28-8-4-7-27(33)25(28)12-10-23-18-34-13-14-37-23/h3-9,11,15,23,26,34H,2,10,12-14,16-18H2,1H3,(H,35,36)/b5-3-,21-6+/t23-,26-/m1/s1. The van der Waals surface area contributed by atoms with Gasteiger partial charge in [0, 0.05) is 36.7 Å². The number of nitrogens with one attached hydrogen (secondary N) is 2. The summed E-state index contributed by atoms with van der Waals surface area (Å²) in [4.78, 5) is 13.2. The van der Waals surface area contributed by atoms with E-state index in [0.29, 0.717) is 48.4 Å². The molecule has 198 valence electrons. The van der Waals surface area contributed by atoms with Crippen LogP contribution in [0.2, 0.25) is 0 Å². The van der Waals surface area contributed by atoms with Gasteiger partial charge in [-0.05, 0) is 66.8 Å². The Morgan fingerprint density at radius 1 is 1.30 bits per heavy atom. The molecule has 2 aromatic rings. The maximum absolute atomic E-state index is 14.7. The van der Waals surface area contributed by atoms with E-state index in [1.165, 1.54) is 42.5 Å². The van der Waals surface area contributed by atoms with E-state index in [0.717, 1.165) is 12.6 Å². The van der Waals surface area contributed by atoms with E-state index in [2.05, 4.69) is 17.2 Å². The monoisotopic (exact) mass is 516 g/mol. The smallest absolute Gasteiger partial charge is 0.225 e. The molecule has 8 heteroatoms. The lowest BCUT2D eigenvalue weighted by Gasteiger charge is -2.24. The van der Waals surface area contributed by atoms with Crippen LogP contribution in [0.5, 0.6) is 0 Å². The predicted octanol–water partition coefficient (Wildman–Crippen LogP) is 6.24. The number of halogens is 4. The number of hydrogen-bond acceptors (Lipinski definition) is 3. The van der Waals surface area contributed by atoms with Crippen LogP contribution in [0.15, 0.2) is 72.6 Å². The van der Waals surface area contributed by atoms with Crippen LogP contribution in [0.1, 0.15) is 35.4 Å². The summed E-state index contributed by atoms with van der Waals surface area (Å²) in [6, 6.07) is 8.53. The van der Waals surface area contributed by atoms with E-state index in [1.54, 1.807) is 13.0 Å². The van der Waals surface area contributed by atoms with Gasteiger partial charge >= 0.3 is 0 Å². The van der Waals surface area contributed by atoms with Crippen LogP contribution in [0.4, 0.5) is 23.2 Å². The zero-order chi connectivity index (χ0) is 26.8. The lowest BCUT2D eigenvalue weighted by molar-refractivity contribution is -0.116. The number of ether oxygens (including phenoxy) is 1. The largest absolute Gasteiger partial charge is 0.376 e. The Morgan fingerprint density at radius 2 is 2.11 bits per heavy atom. The van der Waals surface area contributed by atoms with E-state index in [1.807, 2.05) is 0 Å². The molecule has 2 aromatic carbocycles. The van der Waals surface area contributed by atoms with Crippen molar-refractivity contribution < 1.29 is 27.1 Å². The molecule has 0 aliphatic carbocycles. The van der Waals surface area contributed by atoms with Crippen LogP contribution in [0.25, 0.3) is 0 Å². The maximum atomic E-state index is 14.7. The van der Waals surface area contributed by atoms with Crippen LogP contribution in [-0.2, 0) is 16.0 Å². The summed E-state index contributed by atoms with van der Waals surface area (Å²) in [5.74, 6) is -2.80. The molecule has 4 nitrogen and oxygen atoms in total. The van der Waals surface area contributed by atoms with Crippen molar-refractivity contribution in [3.05, 3.63) is 101 Å². The van der Waals surface area contributed by atoms with Gasteiger partial charge in [-0.3, -0.25) is 4.79 Å². The van der Waals surface area contributed by atoms with Gasteiger partial charge in [-0.1, -0.05) is 30.9 Å². The first kappa shape index (κ1) is 28.3. The number of amides is 1. The van der Waals surface area contributed by atoms with E-state index in [9.17, 15) is 22.4 Å². The molecule has 0 saturated carbocycles. The molecule has 0 radical (unpaired) electrons. The van der Waals surface area contributed by atoms with E-state index in [-0.39, 0.29) is 18.1 Å². The highest BCUT2D eigenvalue weighted by molar-refractivity contribution is 5.92. The van der Waals surface area contributed by atoms with Crippen molar-refractivity contribution in [1.82, 2.24) is 5.32 Å². The van der Waals surface area contributed by atoms with Crippen LogP contribution < -0.4 is 10.6 Å². The number of alkyl halides is 1. The van der Waals surface area contributed by atoms with E-state index in [4.69, 9.17) is 4.74 Å². The number of aryl methyl sites for hydroxylation is 1. The molecular weight excluding hydrogens is 484 g/mol. The summed E-state index contributed by atoms with van der Waals surface area (Å²) < 4.78 is 61.3. The number of morpholine rings is 1. The average Bonchev–Trinajstić information content (AvgIpc) is 2.86. The van der Waals surface area contributed by atoms with Gasteiger partial charge in [-0.25, -0.2) is 17.6 Å². The first-order chi connectivity index (χ1) is 17.8. The zero-order valence-corrected chi connectivity index (χ0v) is 20.8. The highest BCUT2D eigenvalue weighted by Gasteiger charge is 2.23. The summed E-state index contributed by atoms with van der Waals surface area (Å²) in [5.41, 5.74) is 2.02. The van der Waals surface area contributed by atoms with Crippen molar-refractivity contribution in [2.45, 2.75) is 38.2 Å². The van der Waals surface area contributed by atoms with Crippen LogP contribution in [-0.4, -0.2) is 38.4 Å². The van der Waals surface area contributed by atoms with Crippen LogP contribution >= 0.6 is 0 Å². The van der Waals surface area contributed by atoms with Gasteiger partial charge in [-0.2, -0.15) is 0 Å². The fraction of sp³-hybridized carbons (Fsp3) is 0.345.